The van der Waals surface area contributed by atoms with Crippen molar-refractivity contribution in [2.75, 3.05) is 20.6 Å². The van der Waals surface area contributed by atoms with Crippen LogP contribution in [0.15, 0.2) is 30.3 Å². The predicted octanol–water partition coefficient (Wildman–Crippen LogP) is 1.79. The average Bonchev–Trinajstić information content (AvgIpc) is 2.51. The van der Waals surface area contributed by atoms with Gasteiger partial charge in [-0.2, -0.15) is 0 Å². The number of carbonyl (C=O) groups excluding carboxylic acids is 2. The number of imide groups is 1. The molecule has 0 radical (unpaired) electrons. The molecule has 0 fully saturated rings. The lowest BCUT2D eigenvalue weighted by molar-refractivity contribution is -0.124. The van der Waals surface area contributed by atoms with Gasteiger partial charge < -0.3 is 5.32 Å². The molecule has 1 atom stereocenters. The lowest BCUT2D eigenvalue weighted by Crippen LogP contribution is -2.48. The normalized spacial score (nSPS) is 12.0. The van der Waals surface area contributed by atoms with Crippen molar-refractivity contribution < 1.29 is 9.59 Å². The van der Waals surface area contributed by atoms with Crippen molar-refractivity contribution in [1.29, 1.82) is 0 Å². The Morgan fingerprint density at radius 3 is 2.48 bits per heavy atom. The van der Waals surface area contributed by atoms with Crippen LogP contribution in [0.25, 0.3) is 0 Å². The number of carbonyl (C=O) groups is 2. The number of aryl methyl sites for hydroxylation is 1. The summed E-state index contributed by atoms with van der Waals surface area (Å²) in [5, 5.41) is 4.67. The molecule has 0 aliphatic carbocycles. The average molecular weight is 291 g/mol. The summed E-state index contributed by atoms with van der Waals surface area (Å²) in [7, 11) is 3.39. The third-order valence-electron chi connectivity index (χ3n) is 3.57. The van der Waals surface area contributed by atoms with E-state index in [9.17, 15) is 9.59 Å². The van der Waals surface area contributed by atoms with E-state index in [2.05, 4.69) is 22.8 Å². The van der Waals surface area contributed by atoms with Gasteiger partial charge in [0.1, 0.15) is 0 Å². The highest BCUT2D eigenvalue weighted by atomic mass is 16.2. The largest absolute Gasteiger partial charge is 0.341 e. The summed E-state index contributed by atoms with van der Waals surface area (Å²) in [4.78, 5) is 24.9. The number of amides is 3. The van der Waals surface area contributed by atoms with E-state index in [1.807, 2.05) is 30.1 Å². The molecule has 2 N–H and O–H groups in total. The quantitative estimate of drug-likeness (QED) is 0.753. The van der Waals surface area contributed by atoms with Crippen LogP contribution in [-0.4, -0.2) is 43.5 Å². The van der Waals surface area contributed by atoms with E-state index in [1.165, 1.54) is 12.6 Å². The number of nitrogens with one attached hydrogen (secondary N) is 2. The van der Waals surface area contributed by atoms with Crippen LogP contribution in [-0.2, 0) is 11.2 Å². The number of hydrogen-bond donors (Lipinski definition) is 2. The molecule has 0 aromatic heterocycles. The minimum atomic E-state index is -0.468. The molecule has 3 amide bonds. The van der Waals surface area contributed by atoms with Gasteiger partial charge in [-0.05, 0) is 45.3 Å². The second-order valence-electron chi connectivity index (χ2n) is 5.17. The molecule has 0 aliphatic rings. The van der Waals surface area contributed by atoms with Crippen LogP contribution in [0.5, 0.6) is 0 Å². The van der Waals surface area contributed by atoms with Crippen LogP contribution in [0.3, 0.4) is 0 Å². The van der Waals surface area contributed by atoms with Gasteiger partial charge in [0.25, 0.3) is 0 Å². The third-order valence-corrected chi connectivity index (χ3v) is 3.57. The van der Waals surface area contributed by atoms with Gasteiger partial charge in [-0.3, -0.25) is 15.0 Å². The van der Waals surface area contributed by atoms with Crippen LogP contribution in [0.4, 0.5) is 4.79 Å². The summed E-state index contributed by atoms with van der Waals surface area (Å²) < 4.78 is 0. The Morgan fingerprint density at radius 1 is 1.19 bits per heavy atom. The Balaban J connectivity index is 2.24. The molecule has 1 rings (SSSR count). The number of unbranched alkanes of at least 4 members (excludes halogenated alkanes) is 1. The zero-order chi connectivity index (χ0) is 15.7. The smallest absolute Gasteiger partial charge is 0.321 e. The molecule has 21 heavy (non-hydrogen) atoms. The SMILES string of the molecule is CNC(=O)NC(=O)[C@H](C)N(C)CCCCc1ccccc1. The van der Waals surface area contributed by atoms with Crippen LogP contribution in [0.1, 0.15) is 25.3 Å². The molecule has 116 valence electrons. The number of likely N-dealkylation sites (N-methyl/N-ethyl adjacent to an activating group) is 1. The van der Waals surface area contributed by atoms with E-state index < -0.39 is 6.03 Å². The Hall–Kier alpha value is -1.88. The Bertz CT molecular complexity index is 448. The van der Waals surface area contributed by atoms with Crippen molar-refractivity contribution in [2.45, 2.75) is 32.2 Å². The topological polar surface area (TPSA) is 61.4 Å². The first-order chi connectivity index (χ1) is 10.0. The van der Waals surface area contributed by atoms with E-state index in [4.69, 9.17) is 0 Å². The highest BCUT2D eigenvalue weighted by molar-refractivity contribution is 5.96. The molecule has 0 bridgehead atoms. The Labute approximate surface area is 126 Å². The highest BCUT2D eigenvalue weighted by Crippen LogP contribution is 2.06. The summed E-state index contributed by atoms with van der Waals surface area (Å²) in [6.07, 6.45) is 3.15. The van der Waals surface area contributed by atoms with Crippen molar-refractivity contribution in [2.24, 2.45) is 0 Å². The minimum Gasteiger partial charge on any atom is -0.341 e. The summed E-state index contributed by atoms with van der Waals surface area (Å²) in [5.41, 5.74) is 1.34. The van der Waals surface area contributed by atoms with Crippen molar-refractivity contribution in [1.82, 2.24) is 15.5 Å². The second kappa shape index (κ2) is 9.13. The van der Waals surface area contributed by atoms with Crippen molar-refractivity contribution in [3.63, 3.8) is 0 Å². The summed E-state index contributed by atoms with van der Waals surface area (Å²) in [6.45, 7) is 2.63. The molecule has 0 spiro atoms. The van der Waals surface area contributed by atoms with Crippen molar-refractivity contribution in [3.05, 3.63) is 35.9 Å². The lowest BCUT2D eigenvalue weighted by atomic mass is 10.1. The van der Waals surface area contributed by atoms with Gasteiger partial charge in [0, 0.05) is 7.05 Å². The first-order valence-corrected chi connectivity index (χ1v) is 7.31. The van der Waals surface area contributed by atoms with Crippen LogP contribution >= 0.6 is 0 Å². The van der Waals surface area contributed by atoms with Gasteiger partial charge in [0.2, 0.25) is 5.91 Å². The molecule has 1 aromatic rings. The minimum absolute atomic E-state index is 0.278. The summed E-state index contributed by atoms with van der Waals surface area (Å²) >= 11 is 0. The molecule has 0 saturated carbocycles. The number of nitrogens with zero attached hydrogens (tertiary/aromatic N) is 1. The van der Waals surface area contributed by atoms with Gasteiger partial charge >= 0.3 is 6.03 Å². The summed E-state index contributed by atoms with van der Waals surface area (Å²) in [6, 6.07) is 9.58. The van der Waals surface area contributed by atoms with E-state index in [0.717, 1.165) is 25.8 Å². The summed E-state index contributed by atoms with van der Waals surface area (Å²) in [5.74, 6) is -0.278. The fraction of sp³-hybridized carbons (Fsp3) is 0.500. The molecule has 5 nitrogen and oxygen atoms in total. The molecular formula is C16H25N3O2. The fourth-order valence-electron chi connectivity index (χ4n) is 2.01. The van der Waals surface area contributed by atoms with Crippen LogP contribution in [0, 0.1) is 0 Å². The molecule has 0 aliphatic heterocycles. The third kappa shape index (κ3) is 6.40. The molecular weight excluding hydrogens is 266 g/mol. The molecule has 0 saturated heterocycles. The number of hydrogen-bond acceptors (Lipinski definition) is 3. The molecule has 5 heteroatoms. The van der Waals surface area contributed by atoms with Gasteiger partial charge in [-0.1, -0.05) is 30.3 Å². The van der Waals surface area contributed by atoms with E-state index in [0.29, 0.717) is 0 Å². The van der Waals surface area contributed by atoms with E-state index in [1.54, 1.807) is 6.92 Å². The maximum absolute atomic E-state index is 11.8. The van der Waals surface area contributed by atoms with Gasteiger partial charge in [-0.25, -0.2) is 4.79 Å². The highest BCUT2D eigenvalue weighted by Gasteiger charge is 2.19. The standard InChI is InChI=1S/C16H25N3O2/c1-13(15(20)18-16(21)17-2)19(3)12-8-7-11-14-9-5-4-6-10-14/h4-6,9-10,13H,7-8,11-12H2,1-3H3,(H2,17,18,20,21)/t13-/m0/s1. The molecule has 1 aromatic carbocycles. The molecule has 0 heterocycles. The van der Waals surface area contributed by atoms with Crippen LogP contribution < -0.4 is 10.6 Å². The number of benzene rings is 1. The Kier molecular flexibility index (Phi) is 7.46. The monoisotopic (exact) mass is 291 g/mol. The number of rotatable bonds is 7. The molecule has 0 unspecified atom stereocenters. The van der Waals surface area contributed by atoms with E-state index in [-0.39, 0.29) is 11.9 Å². The second-order valence-corrected chi connectivity index (χ2v) is 5.17. The van der Waals surface area contributed by atoms with Gasteiger partial charge in [-0.15, -0.1) is 0 Å². The lowest BCUT2D eigenvalue weighted by Gasteiger charge is -2.23. The first-order valence-electron chi connectivity index (χ1n) is 7.31. The number of urea groups is 1. The maximum atomic E-state index is 11.8. The first kappa shape index (κ1) is 17.2. The zero-order valence-corrected chi connectivity index (χ0v) is 13.1. The Morgan fingerprint density at radius 2 is 1.86 bits per heavy atom. The van der Waals surface area contributed by atoms with Crippen molar-refractivity contribution in [3.8, 4) is 0 Å². The van der Waals surface area contributed by atoms with E-state index >= 15 is 0 Å². The maximum Gasteiger partial charge on any atom is 0.321 e. The van der Waals surface area contributed by atoms with Crippen LogP contribution in [0.2, 0.25) is 0 Å². The fourth-order valence-corrected chi connectivity index (χ4v) is 2.01. The van der Waals surface area contributed by atoms with Crippen molar-refractivity contribution >= 4 is 11.9 Å². The zero-order valence-electron chi connectivity index (χ0n) is 13.1. The van der Waals surface area contributed by atoms with Gasteiger partial charge in [0.05, 0.1) is 6.04 Å². The predicted molar refractivity (Wildman–Crippen MR) is 84.1 cm³/mol. The van der Waals surface area contributed by atoms with Gasteiger partial charge in [0.15, 0.2) is 0 Å².